The molecule has 0 radical (unpaired) electrons. The molecule has 11 nitrogen and oxygen atoms in total. The molecule has 0 bridgehead atoms. The number of methoxy groups -OCH3 is 1. The molecule has 0 spiro atoms. The highest BCUT2D eigenvalue weighted by atomic mass is 79.9. The van der Waals surface area contributed by atoms with Crippen molar-refractivity contribution in [3.63, 3.8) is 0 Å². The van der Waals surface area contributed by atoms with Crippen molar-refractivity contribution in [3.05, 3.63) is 91.9 Å². The van der Waals surface area contributed by atoms with Crippen LogP contribution in [0.1, 0.15) is 58.6 Å². The van der Waals surface area contributed by atoms with Crippen LogP contribution in [0.5, 0.6) is 0 Å². The minimum Gasteiger partial charge on any atom is -0.465 e. The van der Waals surface area contributed by atoms with Crippen molar-refractivity contribution in [2.45, 2.75) is 56.5 Å². The Balaban J connectivity index is 1.10. The number of piperidine rings is 2. The Hall–Kier alpha value is -4.10. The lowest BCUT2D eigenvalue weighted by atomic mass is 9.88. The molecule has 1 atom stereocenters. The fourth-order valence-electron chi connectivity index (χ4n) is 7.24. The van der Waals surface area contributed by atoms with E-state index in [9.17, 15) is 19.2 Å². The predicted octanol–water partition coefficient (Wildman–Crippen LogP) is 6.16. The minimum absolute atomic E-state index is 0.0184. The summed E-state index contributed by atoms with van der Waals surface area (Å²) in [5, 5.41) is 6.12. The molecule has 2 fully saturated rings. The number of carbonyl (C=O) groups is 4. The van der Waals surface area contributed by atoms with Crippen molar-refractivity contribution >= 4 is 67.2 Å². The van der Waals surface area contributed by atoms with E-state index in [2.05, 4.69) is 42.5 Å². The molecule has 0 unspecified atom stereocenters. The summed E-state index contributed by atoms with van der Waals surface area (Å²) in [5.41, 5.74) is 11.1. The summed E-state index contributed by atoms with van der Waals surface area (Å²) in [5.74, 6) is -0.316. The number of hydrogen-bond donors (Lipinski definition) is 3. The zero-order valence-electron chi connectivity index (χ0n) is 28.0. The Morgan fingerprint density at radius 1 is 0.920 bits per heavy atom. The van der Waals surface area contributed by atoms with Crippen LogP contribution in [0.15, 0.2) is 69.6 Å². The first kappa shape index (κ1) is 35.7. The number of likely N-dealkylation sites (tertiary alicyclic amines) is 2. The molecule has 2 saturated heterocycles. The molecule has 13 heteroatoms. The summed E-state index contributed by atoms with van der Waals surface area (Å²) in [6.07, 6.45) is 3.83. The van der Waals surface area contributed by atoms with E-state index in [-0.39, 0.29) is 42.3 Å². The van der Waals surface area contributed by atoms with Gasteiger partial charge in [-0.05, 0) is 117 Å². The number of amides is 5. The maximum Gasteiger partial charge on any atom is 0.337 e. The van der Waals surface area contributed by atoms with Crippen molar-refractivity contribution in [3.8, 4) is 0 Å². The number of urea groups is 2. The largest absolute Gasteiger partial charge is 0.465 e. The molecule has 50 heavy (non-hydrogen) atoms. The van der Waals surface area contributed by atoms with Gasteiger partial charge in [-0.25, -0.2) is 14.4 Å². The maximum atomic E-state index is 14.1. The Morgan fingerprint density at radius 3 is 2.30 bits per heavy atom. The van der Waals surface area contributed by atoms with Gasteiger partial charge in [0.1, 0.15) is 6.04 Å². The second-order valence-corrected chi connectivity index (χ2v) is 14.9. The lowest BCUT2D eigenvalue weighted by molar-refractivity contribution is -0.134. The standard InChI is InChI=1S/C37H42Br2N6O5/c1-50-35(47)27-7-4-6-26(22-27)24-9-14-43(15-10-24)34(46)32(21-23-19-29(38)33(40)30(39)20-23)42-36(48)44-16-12-28(13-17-44)45-18-11-25-5-2-3-8-31(25)41-37(45)49/h2-8,19-20,22,24,28,32H,9-18,21,40H2,1H3,(H,41,49)(H,42,48)/t32-/m1/s1. The number of nitrogens with one attached hydrogen (secondary N) is 2. The van der Waals surface area contributed by atoms with Crippen molar-refractivity contribution in [2.24, 2.45) is 0 Å². The SMILES string of the molecule is COC(=O)c1cccc(C2CCN(C(=O)[C@@H](Cc3cc(Br)c(N)c(Br)c3)NC(=O)N3CCC(N4CCc5ccccc5NC4=O)CC3)CC2)c1. The van der Waals surface area contributed by atoms with Gasteiger partial charge in [0, 0.05) is 59.8 Å². The van der Waals surface area contributed by atoms with Crippen molar-refractivity contribution in [1.29, 1.82) is 0 Å². The number of carbonyl (C=O) groups excluding carboxylic acids is 4. The second-order valence-electron chi connectivity index (χ2n) is 13.1. The van der Waals surface area contributed by atoms with Gasteiger partial charge in [-0.2, -0.15) is 0 Å². The lowest BCUT2D eigenvalue weighted by Crippen LogP contribution is -2.56. The van der Waals surface area contributed by atoms with E-state index in [0.717, 1.165) is 41.6 Å². The highest BCUT2D eigenvalue weighted by Crippen LogP contribution is 2.32. The van der Waals surface area contributed by atoms with E-state index >= 15 is 0 Å². The number of rotatable bonds is 7. The molecule has 5 amide bonds. The Labute approximate surface area is 309 Å². The van der Waals surface area contributed by atoms with Crippen molar-refractivity contribution < 1.29 is 23.9 Å². The predicted molar refractivity (Wildman–Crippen MR) is 199 cm³/mol. The quantitative estimate of drug-likeness (QED) is 0.193. The number of nitrogens with zero attached hydrogens (tertiary/aromatic N) is 3. The van der Waals surface area contributed by atoms with Gasteiger partial charge in [-0.15, -0.1) is 0 Å². The molecule has 0 saturated carbocycles. The number of esters is 1. The first-order valence-electron chi connectivity index (χ1n) is 17.0. The van der Waals surface area contributed by atoms with Crippen LogP contribution < -0.4 is 16.4 Å². The summed E-state index contributed by atoms with van der Waals surface area (Å²) >= 11 is 7.02. The summed E-state index contributed by atoms with van der Waals surface area (Å²) in [6.45, 7) is 2.63. The van der Waals surface area contributed by atoms with Gasteiger partial charge in [-0.3, -0.25) is 4.79 Å². The van der Waals surface area contributed by atoms with E-state index in [1.165, 1.54) is 7.11 Å². The first-order chi connectivity index (χ1) is 24.1. The third-order valence-electron chi connectivity index (χ3n) is 10.1. The normalized spacial score (nSPS) is 17.7. The molecule has 3 heterocycles. The summed E-state index contributed by atoms with van der Waals surface area (Å²) in [6, 6.07) is 17.9. The molecule has 3 aliphatic heterocycles. The average molecular weight is 811 g/mol. The van der Waals surface area contributed by atoms with Gasteiger partial charge in [0.05, 0.1) is 18.4 Å². The van der Waals surface area contributed by atoms with Gasteiger partial charge >= 0.3 is 18.0 Å². The lowest BCUT2D eigenvalue weighted by Gasteiger charge is -2.39. The van der Waals surface area contributed by atoms with E-state index in [1.54, 1.807) is 11.0 Å². The smallest absolute Gasteiger partial charge is 0.337 e. The summed E-state index contributed by atoms with van der Waals surface area (Å²) in [4.78, 5) is 58.6. The van der Waals surface area contributed by atoms with Crippen LogP contribution in [0.25, 0.3) is 0 Å². The van der Waals surface area contributed by atoms with E-state index in [4.69, 9.17) is 10.5 Å². The molecule has 0 aromatic heterocycles. The molecular formula is C37H42Br2N6O5. The van der Waals surface area contributed by atoms with Gasteiger partial charge < -0.3 is 35.8 Å². The second kappa shape index (κ2) is 15.8. The van der Waals surface area contributed by atoms with Crippen LogP contribution in [0.2, 0.25) is 0 Å². The third kappa shape index (κ3) is 8.10. The van der Waals surface area contributed by atoms with Gasteiger partial charge in [0.2, 0.25) is 5.91 Å². The van der Waals surface area contributed by atoms with Crippen LogP contribution in [-0.2, 0) is 22.4 Å². The molecule has 6 rings (SSSR count). The maximum absolute atomic E-state index is 14.1. The van der Waals surface area contributed by atoms with E-state index in [0.29, 0.717) is 65.8 Å². The molecular weight excluding hydrogens is 768 g/mol. The molecule has 4 N–H and O–H groups in total. The summed E-state index contributed by atoms with van der Waals surface area (Å²) < 4.78 is 6.30. The van der Waals surface area contributed by atoms with Crippen LogP contribution in [0.4, 0.5) is 21.0 Å². The molecule has 0 aliphatic carbocycles. The zero-order valence-corrected chi connectivity index (χ0v) is 31.2. The van der Waals surface area contributed by atoms with Crippen molar-refractivity contribution in [2.75, 3.05) is 50.9 Å². The fourth-order valence-corrected chi connectivity index (χ4v) is 8.52. The van der Waals surface area contributed by atoms with Gasteiger partial charge in [-0.1, -0.05) is 30.3 Å². The monoisotopic (exact) mass is 808 g/mol. The van der Waals surface area contributed by atoms with E-state index < -0.39 is 6.04 Å². The highest BCUT2D eigenvalue weighted by molar-refractivity contribution is 9.11. The third-order valence-corrected chi connectivity index (χ3v) is 11.4. The number of hydrogen-bond acceptors (Lipinski definition) is 6. The Bertz CT molecular complexity index is 1730. The molecule has 3 aromatic carbocycles. The first-order valence-corrected chi connectivity index (χ1v) is 18.6. The molecule has 3 aliphatic rings. The summed E-state index contributed by atoms with van der Waals surface area (Å²) in [7, 11) is 1.37. The van der Waals surface area contributed by atoms with Crippen LogP contribution >= 0.6 is 31.9 Å². The van der Waals surface area contributed by atoms with E-state index in [1.807, 2.05) is 64.4 Å². The number of anilines is 2. The number of halogens is 2. The number of nitrogen functional groups attached to an aromatic ring is 1. The number of para-hydroxylation sites is 1. The van der Waals surface area contributed by atoms with Crippen LogP contribution in [-0.4, -0.2) is 90.6 Å². The van der Waals surface area contributed by atoms with Crippen molar-refractivity contribution in [1.82, 2.24) is 20.0 Å². The Morgan fingerprint density at radius 2 is 1.60 bits per heavy atom. The topological polar surface area (TPSA) is 137 Å². The van der Waals surface area contributed by atoms with Crippen LogP contribution in [0, 0.1) is 0 Å². The average Bonchev–Trinajstić information content (AvgIpc) is 3.31. The fraction of sp³-hybridized carbons (Fsp3) is 0.405. The van der Waals surface area contributed by atoms with Gasteiger partial charge in [0.15, 0.2) is 0 Å². The molecule has 264 valence electrons. The Kier molecular flexibility index (Phi) is 11.3. The van der Waals surface area contributed by atoms with Gasteiger partial charge in [0.25, 0.3) is 0 Å². The van der Waals surface area contributed by atoms with Crippen LogP contribution in [0.3, 0.4) is 0 Å². The molecule has 3 aromatic rings. The number of ether oxygens (including phenoxy) is 1. The number of fused-ring (bicyclic) bond motifs is 1. The zero-order chi connectivity index (χ0) is 35.4. The highest BCUT2D eigenvalue weighted by Gasteiger charge is 2.34. The minimum atomic E-state index is -0.795. The number of nitrogens with two attached hydrogens (primary N) is 1. The number of benzene rings is 3.